The molecule has 1 fully saturated rings. The number of nitrogens with one attached hydrogen (secondary N) is 3. The van der Waals surface area contributed by atoms with Crippen LogP contribution in [0.15, 0.2) is 28.8 Å². The van der Waals surface area contributed by atoms with E-state index in [4.69, 9.17) is 4.52 Å². The second-order valence-electron chi connectivity index (χ2n) is 8.70. The number of hydrogen-bond acceptors (Lipinski definition) is 7. The molecule has 0 aliphatic heterocycles. The Morgan fingerprint density at radius 1 is 1.09 bits per heavy atom. The molecule has 0 saturated heterocycles. The number of hydrogen-bond donors (Lipinski definition) is 4. The number of aromatic hydroxyl groups is 1. The van der Waals surface area contributed by atoms with Gasteiger partial charge in [0, 0.05) is 38.4 Å². The van der Waals surface area contributed by atoms with Gasteiger partial charge in [0.2, 0.25) is 17.7 Å². The van der Waals surface area contributed by atoms with E-state index >= 15 is 0 Å². The van der Waals surface area contributed by atoms with Gasteiger partial charge < -0.3 is 25.6 Å². The topological polar surface area (TPSA) is 146 Å². The van der Waals surface area contributed by atoms with Gasteiger partial charge in [-0.15, -0.1) is 0 Å². The van der Waals surface area contributed by atoms with E-state index in [0.29, 0.717) is 43.2 Å². The Bertz CT molecular complexity index is 982. The Morgan fingerprint density at radius 3 is 2.53 bits per heavy atom. The fourth-order valence-electron chi connectivity index (χ4n) is 4.20. The minimum Gasteiger partial charge on any atom is -0.508 e. The first kappa shape index (κ1) is 25.2. The minimum absolute atomic E-state index is 0.0350. The van der Waals surface area contributed by atoms with Gasteiger partial charge in [0.05, 0.1) is 0 Å². The Labute approximate surface area is 198 Å². The summed E-state index contributed by atoms with van der Waals surface area (Å²) in [6, 6.07) is 6.12. The van der Waals surface area contributed by atoms with E-state index in [0.717, 1.165) is 38.5 Å². The molecule has 3 amide bonds. The van der Waals surface area contributed by atoms with Crippen LogP contribution in [0.1, 0.15) is 80.4 Å². The fraction of sp³-hybridized carbons (Fsp3) is 0.542. The summed E-state index contributed by atoms with van der Waals surface area (Å²) in [5, 5.41) is 22.2. The van der Waals surface area contributed by atoms with E-state index in [2.05, 4.69) is 26.1 Å². The van der Waals surface area contributed by atoms with Gasteiger partial charge in [0.25, 0.3) is 5.91 Å². The lowest BCUT2D eigenvalue weighted by Crippen LogP contribution is -2.45. The van der Waals surface area contributed by atoms with Crippen LogP contribution < -0.4 is 16.0 Å². The zero-order chi connectivity index (χ0) is 24.4. The molecule has 10 nitrogen and oxygen atoms in total. The Kier molecular flexibility index (Phi) is 9.00. The van der Waals surface area contributed by atoms with E-state index in [1.807, 2.05) is 0 Å². The van der Waals surface area contributed by atoms with Crippen molar-refractivity contribution in [3.63, 3.8) is 0 Å². The van der Waals surface area contributed by atoms with Gasteiger partial charge >= 0.3 is 0 Å². The summed E-state index contributed by atoms with van der Waals surface area (Å²) in [5.74, 6) is 0.351. The third kappa shape index (κ3) is 7.29. The van der Waals surface area contributed by atoms with Gasteiger partial charge in [-0.05, 0) is 37.5 Å². The molecule has 1 aliphatic rings. The highest BCUT2D eigenvalue weighted by molar-refractivity contribution is 5.94. The van der Waals surface area contributed by atoms with Crippen molar-refractivity contribution in [1.82, 2.24) is 26.1 Å². The van der Waals surface area contributed by atoms with E-state index < -0.39 is 5.54 Å². The zero-order valence-corrected chi connectivity index (χ0v) is 19.6. The Morgan fingerprint density at radius 2 is 1.82 bits per heavy atom. The summed E-state index contributed by atoms with van der Waals surface area (Å²) in [5.41, 5.74) is -0.220. The van der Waals surface area contributed by atoms with Crippen LogP contribution in [-0.4, -0.2) is 46.1 Å². The molecule has 4 N–H and O–H groups in total. The normalized spacial score (nSPS) is 15.2. The highest BCUT2D eigenvalue weighted by Crippen LogP contribution is 2.34. The van der Waals surface area contributed by atoms with Crippen LogP contribution in [0.4, 0.5) is 0 Å². The standard InChI is InChI=1S/C24H33N5O5/c1-17(30)28-24(12-4-2-3-5-13-24)23-27-21(34-29-23)11-10-20(32)25-14-7-15-26-22(33)18-8-6-9-19(31)16-18/h6,8-9,16,31H,2-5,7,10-15H2,1H3,(H,25,32)(H,26,33)(H,28,30). The van der Waals surface area contributed by atoms with Crippen molar-refractivity contribution in [2.24, 2.45) is 0 Å². The number of phenols is 1. The number of carbonyl (C=O) groups is 3. The van der Waals surface area contributed by atoms with Gasteiger partial charge in [0.1, 0.15) is 11.3 Å². The number of phenolic OH excluding ortho intramolecular Hbond substituents is 1. The van der Waals surface area contributed by atoms with Gasteiger partial charge in [-0.2, -0.15) is 4.98 Å². The zero-order valence-electron chi connectivity index (χ0n) is 19.6. The first-order valence-electron chi connectivity index (χ1n) is 11.8. The molecule has 0 bridgehead atoms. The first-order chi connectivity index (χ1) is 16.4. The first-order valence-corrected chi connectivity index (χ1v) is 11.8. The van der Waals surface area contributed by atoms with Crippen molar-refractivity contribution < 1.29 is 24.0 Å². The number of rotatable bonds is 10. The summed E-state index contributed by atoms with van der Waals surface area (Å²) < 4.78 is 5.38. The van der Waals surface area contributed by atoms with E-state index in [-0.39, 0.29) is 29.9 Å². The molecule has 0 atom stereocenters. The minimum atomic E-state index is -0.602. The van der Waals surface area contributed by atoms with E-state index in [9.17, 15) is 19.5 Å². The number of amides is 3. The maximum absolute atomic E-state index is 12.2. The number of nitrogens with zero attached hydrogens (tertiary/aromatic N) is 2. The molecule has 184 valence electrons. The summed E-state index contributed by atoms with van der Waals surface area (Å²) in [4.78, 5) is 40.5. The highest BCUT2D eigenvalue weighted by Gasteiger charge is 2.38. The second-order valence-corrected chi connectivity index (χ2v) is 8.70. The van der Waals surface area contributed by atoms with Crippen LogP contribution >= 0.6 is 0 Å². The van der Waals surface area contributed by atoms with Crippen molar-refractivity contribution in [2.75, 3.05) is 13.1 Å². The lowest BCUT2D eigenvalue weighted by atomic mass is 9.89. The smallest absolute Gasteiger partial charge is 0.251 e. The fourth-order valence-corrected chi connectivity index (χ4v) is 4.20. The monoisotopic (exact) mass is 471 g/mol. The number of benzene rings is 1. The second kappa shape index (κ2) is 12.2. The average Bonchev–Trinajstić information content (AvgIpc) is 3.17. The lowest BCUT2D eigenvalue weighted by Gasteiger charge is -2.30. The Hall–Kier alpha value is -3.43. The SMILES string of the molecule is CC(=O)NC1(c2noc(CCC(=O)NCCCNC(=O)c3cccc(O)c3)n2)CCCCCC1. The van der Waals surface area contributed by atoms with Gasteiger partial charge in [0.15, 0.2) is 5.82 Å². The largest absolute Gasteiger partial charge is 0.508 e. The van der Waals surface area contributed by atoms with Gasteiger partial charge in [-0.3, -0.25) is 14.4 Å². The quantitative estimate of drug-likeness (QED) is 0.307. The summed E-state index contributed by atoms with van der Waals surface area (Å²) in [6.45, 7) is 2.31. The van der Waals surface area contributed by atoms with Crippen molar-refractivity contribution in [2.45, 2.75) is 70.3 Å². The molecule has 34 heavy (non-hydrogen) atoms. The summed E-state index contributed by atoms with van der Waals surface area (Å²) in [6.07, 6.45) is 6.83. The molecule has 2 aromatic rings. The molecule has 1 aliphatic carbocycles. The highest BCUT2D eigenvalue weighted by atomic mass is 16.5. The Balaban J connectivity index is 1.39. The summed E-state index contributed by atoms with van der Waals surface area (Å²) >= 11 is 0. The van der Waals surface area contributed by atoms with Crippen molar-refractivity contribution >= 4 is 17.7 Å². The van der Waals surface area contributed by atoms with Crippen LogP contribution in [0.25, 0.3) is 0 Å². The van der Waals surface area contributed by atoms with Crippen LogP contribution in [-0.2, 0) is 21.5 Å². The predicted octanol–water partition coefficient (Wildman–Crippen LogP) is 2.33. The number of aromatic nitrogens is 2. The van der Waals surface area contributed by atoms with Gasteiger partial charge in [-0.1, -0.05) is 36.9 Å². The molecule has 0 spiro atoms. The van der Waals surface area contributed by atoms with Gasteiger partial charge in [-0.25, -0.2) is 0 Å². The molecule has 1 heterocycles. The van der Waals surface area contributed by atoms with E-state index in [1.165, 1.54) is 19.1 Å². The van der Waals surface area contributed by atoms with Crippen LogP contribution in [0.2, 0.25) is 0 Å². The molecule has 3 rings (SSSR count). The van der Waals surface area contributed by atoms with Crippen LogP contribution in [0, 0.1) is 0 Å². The molecule has 1 aromatic heterocycles. The van der Waals surface area contributed by atoms with E-state index in [1.54, 1.807) is 12.1 Å². The summed E-state index contributed by atoms with van der Waals surface area (Å²) in [7, 11) is 0. The van der Waals surface area contributed by atoms with Crippen molar-refractivity contribution in [3.8, 4) is 5.75 Å². The lowest BCUT2D eigenvalue weighted by molar-refractivity contribution is -0.122. The van der Waals surface area contributed by atoms with Crippen molar-refractivity contribution in [3.05, 3.63) is 41.5 Å². The molecule has 0 unspecified atom stereocenters. The molecule has 1 aromatic carbocycles. The maximum atomic E-state index is 12.2. The average molecular weight is 472 g/mol. The third-order valence-electron chi connectivity index (χ3n) is 5.90. The molecular weight excluding hydrogens is 438 g/mol. The molecule has 1 saturated carbocycles. The number of aryl methyl sites for hydroxylation is 1. The van der Waals surface area contributed by atoms with Crippen molar-refractivity contribution in [1.29, 1.82) is 0 Å². The third-order valence-corrected chi connectivity index (χ3v) is 5.90. The van der Waals surface area contributed by atoms with Crippen LogP contribution in [0.3, 0.4) is 0 Å². The molecule has 0 radical (unpaired) electrons. The van der Waals surface area contributed by atoms with Crippen LogP contribution in [0.5, 0.6) is 5.75 Å². The molecule has 10 heteroatoms. The molecular formula is C24H33N5O5. The predicted molar refractivity (Wildman–Crippen MR) is 124 cm³/mol. The maximum Gasteiger partial charge on any atom is 0.251 e. The number of carbonyl (C=O) groups excluding carboxylic acids is 3.